The van der Waals surface area contributed by atoms with Crippen molar-refractivity contribution in [3.05, 3.63) is 47.7 Å². The van der Waals surface area contributed by atoms with Gasteiger partial charge in [-0.3, -0.25) is 4.79 Å². The third-order valence-corrected chi connectivity index (χ3v) is 5.76. The molecule has 1 N–H and O–H groups in total. The van der Waals surface area contributed by atoms with Gasteiger partial charge in [0.2, 0.25) is 5.95 Å². The SMILES string of the molecule is COc1cc2nn([C@H]3CC[C@H](C=O)CC3)c(F)c2cc1NC(=O)c1cccc(C(F)(F)F)n1. The highest BCUT2D eigenvalue weighted by atomic mass is 19.4. The zero-order valence-corrected chi connectivity index (χ0v) is 17.5. The molecule has 33 heavy (non-hydrogen) atoms. The number of fused-ring (bicyclic) bond motifs is 1. The van der Waals surface area contributed by atoms with Crippen LogP contribution in [0.2, 0.25) is 0 Å². The monoisotopic (exact) mass is 464 g/mol. The molecule has 1 fully saturated rings. The summed E-state index contributed by atoms with van der Waals surface area (Å²) in [5.74, 6) is -1.37. The molecular weight excluding hydrogens is 444 g/mol. The molecule has 0 bridgehead atoms. The molecule has 2 aromatic heterocycles. The minimum absolute atomic E-state index is 0.0272. The fourth-order valence-corrected chi connectivity index (χ4v) is 4.00. The Morgan fingerprint density at radius 3 is 2.58 bits per heavy atom. The van der Waals surface area contributed by atoms with Crippen molar-refractivity contribution in [2.24, 2.45) is 5.92 Å². The van der Waals surface area contributed by atoms with Crippen molar-refractivity contribution in [2.75, 3.05) is 12.4 Å². The van der Waals surface area contributed by atoms with Crippen LogP contribution in [0, 0.1) is 11.9 Å². The lowest BCUT2D eigenvalue weighted by Gasteiger charge is -2.25. The second-order valence-electron chi connectivity index (χ2n) is 7.87. The van der Waals surface area contributed by atoms with E-state index in [0.29, 0.717) is 31.2 Å². The molecule has 1 amide bonds. The van der Waals surface area contributed by atoms with Crippen molar-refractivity contribution in [3.63, 3.8) is 0 Å². The van der Waals surface area contributed by atoms with Crippen molar-refractivity contribution in [3.8, 4) is 5.75 Å². The molecular formula is C22H20F4N4O3. The molecule has 0 saturated heterocycles. The molecule has 0 spiro atoms. The highest BCUT2D eigenvalue weighted by molar-refractivity contribution is 6.05. The molecule has 3 aromatic rings. The van der Waals surface area contributed by atoms with Crippen LogP contribution < -0.4 is 10.1 Å². The first-order valence-corrected chi connectivity index (χ1v) is 10.3. The Kier molecular flexibility index (Phi) is 6.05. The molecule has 2 heterocycles. The van der Waals surface area contributed by atoms with Gasteiger partial charge in [-0.05, 0) is 43.9 Å². The van der Waals surface area contributed by atoms with Crippen molar-refractivity contribution in [1.82, 2.24) is 14.8 Å². The normalized spacial score (nSPS) is 18.8. The van der Waals surface area contributed by atoms with E-state index in [0.717, 1.165) is 24.5 Å². The standard InChI is InChI=1S/C22H20F4N4O3/c1-33-18-10-16-14(20(23)30(29-16)13-7-5-12(11-31)6-8-13)9-17(18)28-21(32)15-3-2-4-19(27-15)22(24,25)26/h2-4,9-13H,5-8H2,1H3,(H,28,32)/t12-,13-. The quantitative estimate of drug-likeness (QED) is 0.434. The Hall–Kier alpha value is -3.50. The first-order valence-electron chi connectivity index (χ1n) is 10.3. The number of benzene rings is 1. The number of halogens is 4. The first kappa shape index (κ1) is 22.7. The largest absolute Gasteiger partial charge is 0.494 e. The maximum Gasteiger partial charge on any atom is 0.433 e. The number of aldehydes is 1. The van der Waals surface area contributed by atoms with Gasteiger partial charge in [0.05, 0.1) is 29.7 Å². The number of nitrogens with one attached hydrogen (secondary N) is 1. The van der Waals surface area contributed by atoms with E-state index in [-0.39, 0.29) is 28.8 Å². The third kappa shape index (κ3) is 4.53. The van der Waals surface area contributed by atoms with Gasteiger partial charge in [0.15, 0.2) is 0 Å². The molecule has 4 rings (SSSR count). The highest BCUT2D eigenvalue weighted by Gasteiger charge is 2.33. The molecule has 0 aliphatic heterocycles. The number of rotatable bonds is 5. The number of carbonyl (C=O) groups excluding carboxylic acids is 2. The second kappa shape index (κ2) is 8.80. The van der Waals surface area contributed by atoms with E-state index >= 15 is 4.39 Å². The lowest BCUT2D eigenvalue weighted by molar-refractivity contribution is -0.141. The number of pyridine rings is 1. The number of alkyl halides is 3. The van der Waals surface area contributed by atoms with Crippen LogP contribution in [-0.4, -0.2) is 34.1 Å². The van der Waals surface area contributed by atoms with Gasteiger partial charge in [0, 0.05) is 12.0 Å². The minimum Gasteiger partial charge on any atom is -0.494 e. The molecule has 0 atom stereocenters. The van der Waals surface area contributed by atoms with Crippen LogP contribution in [0.3, 0.4) is 0 Å². The van der Waals surface area contributed by atoms with Crippen LogP contribution in [0.1, 0.15) is 47.9 Å². The van der Waals surface area contributed by atoms with E-state index in [1.807, 2.05) is 0 Å². The molecule has 0 radical (unpaired) electrons. The Bertz CT molecular complexity index is 1200. The fourth-order valence-electron chi connectivity index (χ4n) is 4.00. The zero-order chi connectivity index (χ0) is 23.8. The van der Waals surface area contributed by atoms with Crippen LogP contribution in [0.15, 0.2) is 30.3 Å². The van der Waals surface area contributed by atoms with E-state index in [1.165, 1.54) is 23.9 Å². The van der Waals surface area contributed by atoms with Gasteiger partial charge in [-0.1, -0.05) is 6.07 Å². The van der Waals surface area contributed by atoms with Crippen LogP contribution >= 0.6 is 0 Å². The second-order valence-corrected chi connectivity index (χ2v) is 7.87. The summed E-state index contributed by atoms with van der Waals surface area (Å²) in [7, 11) is 1.34. The van der Waals surface area contributed by atoms with Crippen LogP contribution in [0.25, 0.3) is 10.9 Å². The predicted molar refractivity (Wildman–Crippen MR) is 110 cm³/mol. The fraction of sp³-hybridized carbons (Fsp3) is 0.364. The van der Waals surface area contributed by atoms with Crippen LogP contribution in [-0.2, 0) is 11.0 Å². The molecule has 0 unspecified atom stereocenters. The molecule has 1 aliphatic rings. The summed E-state index contributed by atoms with van der Waals surface area (Å²) in [6.45, 7) is 0. The number of hydrogen-bond acceptors (Lipinski definition) is 5. The van der Waals surface area contributed by atoms with E-state index in [4.69, 9.17) is 4.74 Å². The maximum atomic E-state index is 15.2. The van der Waals surface area contributed by atoms with E-state index in [9.17, 15) is 22.8 Å². The van der Waals surface area contributed by atoms with Crippen molar-refractivity contribution < 1.29 is 31.9 Å². The number of ether oxygens (including phenoxy) is 1. The molecule has 174 valence electrons. The van der Waals surface area contributed by atoms with Crippen molar-refractivity contribution in [2.45, 2.75) is 37.9 Å². The number of nitrogens with zero attached hydrogens (tertiary/aromatic N) is 3. The summed E-state index contributed by atoms with van der Waals surface area (Å²) in [4.78, 5) is 26.9. The molecule has 1 saturated carbocycles. The van der Waals surface area contributed by atoms with Crippen molar-refractivity contribution >= 4 is 28.8 Å². The maximum absolute atomic E-state index is 15.2. The number of anilines is 1. The average molecular weight is 464 g/mol. The van der Waals surface area contributed by atoms with Crippen LogP contribution in [0.5, 0.6) is 5.75 Å². The Morgan fingerprint density at radius 2 is 1.94 bits per heavy atom. The topological polar surface area (TPSA) is 86.1 Å². The third-order valence-electron chi connectivity index (χ3n) is 5.76. The van der Waals surface area contributed by atoms with Gasteiger partial charge in [-0.15, -0.1) is 0 Å². The molecule has 1 aliphatic carbocycles. The molecule has 11 heteroatoms. The van der Waals surface area contributed by atoms with Gasteiger partial charge in [-0.2, -0.15) is 22.7 Å². The summed E-state index contributed by atoms with van der Waals surface area (Å²) in [5.41, 5.74) is -1.28. The Balaban J connectivity index is 1.64. The lowest BCUT2D eigenvalue weighted by atomic mass is 9.87. The van der Waals surface area contributed by atoms with Gasteiger partial charge >= 0.3 is 6.18 Å². The minimum atomic E-state index is -4.70. The lowest BCUT2D eigenvalue weighted by Crippen LogP contribution is -2.20. The van der Waals surface area contributed by atoms with E-state index in [1.54, 1.807) is 0 Å². The summed E-state index contributed by atoms with van der Waals surface area (Å²) in [5, 5.41) is 6.90. The Labute approximate surface area is 185 Å². The first-order chi connectivity index (χ1) is 15.7. The summed E-state index contributed by atoms with van der Waals surface area (Å²) in [6.07, 6.45) is -1.26. The average Bonchev–Trinajstić information content (AvgIpc) is 3.13. The summed E-state index contributed by atoms with van der Waals surface area (Å²) >= 11 is 0. The van der Waals surface area contributed by atoms with Gasteiger partial charge in [0.1, 0.15) is 23.4 Å². The van der Waals surface area contributed by atoms with Crippen LogP contribution in [0.4, 0.5) is 23.2 Å². The number of amides is 1. The number of aromatic nitrogens is 3. The van der Waals surface area contributed by atoms with Crippen molar-refractivity contribution in [1.29, 1.82) is 0 Å². The van der Waals surface area contributed by atoms with Gasteiger partial charge < -0.3 is 14.8 Å². The summed E-state index contributed by atoms with van der Waals surface area (Å²) < 4.78 is 60.5. The zero-order valence-electron chi connectivity index (χ0n) is 17.5. The van der Waals surface area contributed by atoms with E-state index < -0.39 is 29.4 Å². The summed E-state index contributed by atoms with van der Waals surface area (Å²) in [6, 6.07) is 5.55. The molecule has 7 nitrogen and oxygen atoms in total. The predicted octanol–water partition coefficient (Wildman–Crippen LogP) is 4.78. The molecule has 1 aromatic carbocycles. The highest BCUT2D eigenvalue weighted by Crippen LogP contribution is 2.36. The van der Waals surface area contributed by atoms with E-state index in [2.05, 4.69) is 15.4 Å². The number of methoxy groups -OCH3 is 1. The van der Waals surface area contributed by atoms with Gasteiger partial charge in [-0.25, -0.2) is 9.67 Å². The number of carbonyl (C=O) groups is 2. The number of hydrogen-bond donors (Lipinski definition) is 1. The van der Waals surface area contributed by atoms with Gasteiger partial charge in [0.25, 0.3) is 5.91 Å². The smallest absolute Gasteiger partial charge is 0.433 e. The Morgan fingerprint density at radius 1 is 1.21 bits per heavy atom.